The van der Waals surface area contributed by atoms with Crippen molar-refractivity contribution in [2.75, 3.05) is 0 Å². The summed E-state index contributed by atoms with van der Waals surface area (Å²) in [5.74, 6) is 1.14. The fraction of sp³-hybridized carbons (Fsp3) is 0.938. The van der Waals surface area contributed by atoms with Crippen LogP contribution in [0.3, 0.4) is 0 Å². The van der Waals surface area contributed by atoms with Gasteiger partial charge >= 0.3 is 0 Å². The van der Waals surface area contributed by atoms with Crippen LogP contribution < -0.4 is 0 Å². The maximum absolute atomic E-state index is 9.60. The number of rotatable bonds is 7. The van der Waals surface area contributed by atoms with E-state index in [9.17, 15) is 4.79 Å². The molecule has 1 aliphatic rings. The molecule has 2 heteroatoms. The molecule has 0 unspecified atom stereocenters. The van der Waals surface area contributed by atoms with Crippen molar-refractivity contribution in [3.63, 3.8) is 0 Å². The first-order valence-corrected chi connectivity index (χ1v) is 7.61. The van der Waals surface area contributed by atoms with E-state index < -0.39 is 0 Å². The Labute approximate surface area is 113 Å². The Morgan fingerprint density at radius 3 is 2.06 bits per heavy atom. The highest BCUT2D eigenvalue weighted by atomic mass is 16.5. The first kappa shape index (κ1) is 17.5. The largest absolute Gasteiger partial charge is 0.462 e. The Hall–Kier alpha value is -0.530. The zero-order valence-corrected chi connectivity index (χ0v) is 12.8. The lowest BCUT2D eigenvalue weighted by Gasteiger charge is -2.24. The van der Waals surface area contributed by atoms with Gasteiger partial charge in [-0.25, -0.2) is 0 Å². The average molecular weight is 256 g/mol. The molecular formula is C16H32O2. The third-order valence-electron chi connectivity index (χ3n) is 3.34. The second kappa shape index (κ2) is 10.4. The molecule has 1 rings (SSSR count). The van der Waals surface area contributed by atoms with E-state index in [4.69, 9.17) is 0 Å². The summed E-state index contributed by atoms with van der Waals surface area (Å²) in [6, 6.07) is 0. The van der Waals surface area contributed by atoms with Gasteiger partial charge in [0.25, 0.3) is 6.47 Å². The molecule has 0 radical (unpaired) electrons. The van der Waals surface area contributed by atoms with Crippen LogP contribution in [0.4, 0.5) is 0 Å². The Bertz CT molecular complexity index is 190. The van der Waals surface area contributed by atoms with E-state index >= 15 is 0 Å². The Morgan fingerprint density at radius 1 is 1.11 bits per heavy atom. The van der Waals surface area contributed by atoms with Crippen molar-refractivity contribution in [1.82, 2.24) is 0 Å². The normalized spacial score (nSPS) is 15.3. The zero-order chi connectivity index (χ0) is 13.9. The van der Waals surface area contributed by atoms with Gasteiger partial charge in [0, 0.05) is 0 Å². The summed E-state index contributed by atoms with van der Waals surface area (Å²) in [4.78, 5) is 9.60. The maximum Gasteiger partial charge on any atom is 0.293 e. The smallest absolute Gasteiger partial charge is 0.293 e. The second-order valence-corrected chi connectivity index (χ2v) is 6.33. The molecule has 0 aromatic rings. The van der Waals surface area contributed by atoms with Crippen molar-refractivity contribution in [3.8, 4) is 0 Å². The van der Waals surface area contributed by atoms with Crippen molar-refractivity contribution < 1.29 is 9.53 Å². The molecule has 0 amide bonds. The molecule has 18 heavy (non-hydrogen) atoms. The number of carbonyl (C=O) groups is 1. The monoisotopic (exact) mass is 256 g/mol. The third-order valence-corrected chi connectivity index (χ3v) is 3.34. The Morgan fingerprint density at radius 2 is 1.72 bits per heavy atom. The van der Waals surface area contributed by atoms with Crippen molar-refractivity contribution in [3.05, 3.63) is 0 Å². The molecule has 1 saturated carbocycles. The minimum Gasteiger partial charge on any atom is -0.462 e. The highest BCUT2D eigenvalue weighted by Gasteiger charge is 2.15. The van der Waals surface area contributed by atoms with Crippen LogP contribution >= 0.6 is 0 Å². The van der Waals surface area contributed by atoms with Crippen LogP contribution in [0.2, 0.25) is 0 Å². The lowest BCUT2D eigenvalue weighted by atomic mass is 9.82. The van der Waals surface area contributed by atoms with Crippen molar-refractivity contribution in [2.45, 2.75) is 91.1 Å². The van der Waals surface area contributed by atoms with Gasteiger partial charge in [-0.2, -0.15) is 0 Å². The summed E-state index contributed by atoms with van der Waals surface area (Å²) in [5.41, 5.74) is -0.318. The van der Waals surface area contributed by atoms with Gasteiger partial charge in [0.05, 0.1) is 0 Å². The number of hydrogen-bond donors (Lipinski definition) is 0. The standard InChI is InChI=1S/C11H22.C5H10O2/c1-2-3-4-5-6-8-11-9-7-10-11;1-5(2,3)7-4-6/h11H,2-10H2,1H3;4H,1-3H3. The van der Waals surface area contributed by atoms with Gasteiger partial charge in [0.2, 0.25) is 0 Å². The second-order valence-electron chi connectivity index (χ2n) is 6.33. The SMILES string of the molecule is CC(C)(C)OC=O.CCCCCCCC1CCC1. The maximum atomic E-state index is 9.60. The lowest BCUT2D eigenvalue weighted by Crippen LogP contribution is -2.17. The minimum absolute atomic E-state index is 0.318. The molecular weight excluding hydrogens is 224 g/mol. The van der Waals surface area contributed by atoms with Crippen LogP contribution in [-0.4, -0.2) is 12.1 Å². The molecule has 0 saturated heterocycles. The number of hydrogen-bond acceptors (Lipinski definition) is 2. The van der Waals surface area contributed by atoms with Gasteiger partial charge in [-0.1, -0.05) is 64.7 Å². The molecule has 1 aliphatic carbocycles. The Kier molecular flexibility index (Phi) is 10.1. The minimum atomic E-state index is -0.318. The van der Waals surface area contributed by atoms with Crippen LogP contribution in [0.5, 0.6) is 0 Å². The van der Waals surface area contributed by atoms with Crippen LogP contribution in [0.15, 0.2) is 0 Å². The molecule has 0 bridgehead atoms. The molecule has 0 heterocycles. The highest BCUT2D eigenvalue weighted by molar-refractivity contribution is 5.37. The van der Waals surface area contributed by atoms with E-state index in [0.717, 1.165) is 5.92 Å². The fourth-order valence-electron chi connectivity index (χ4n) is 1.96. The highest BCUT2D eigenvalue weighted by Crippen LogP contribution is 2.31. The van der Waals surface area contributed by atoms with Crippen LogP contribution in [0.25, 0.3) is 0 Å². The molecule has 0 atom stereocenters. The number of unbranched alkanes of at least 4 members (excludes halogenated alkanes) is 4. The van der Waals surface area contributed by atoms with Gasteiger partial charge in [-0.05, 0) is 26.7 Å². The van der Waals surface area contributed by atoms with E-state index in [1.165, 1.54) is 57.8 Å². The summed E-state index contributed by atoms with van der Waals surface area (Å²) in [5, 5.41) is 0. The fourth-order valence-corrected chi connectivity index (χ4v) is 1.96. The van der Waals surface area contributed by atoms with Gasteiger partial charge in [-0.3, -0.25) is 4.79 Å². The molecule has 108 valence electrons. The van der Waals surface area contributed by atoms with E-state index in [-0.39, 0.29) is 5.60 Å². The molecule has 0 aromatic carbocycles. The molecule has 0 N–H and O–H groups in total. The predicted molar refractivity (Wildman–Crippen MR) is 77.6 cm³/mol. The van der Waals surface area contributed by atoms with Crippen molar-refractivity contribution >= 4 is 6.47 Å². The van der Waals surface area contributed by atoms with E-state index in [0.29, 0.717) is 6.47 Å². The average Bonchev–Trinajstić information content (AvgIpc) is 2.20. The Balaban J connectivity index is 0.000000360. The van der Waals surface area contributed by atoms with Crippen molar-refractivity contribution in [1.29, 1.82) is 0 Å². The summed E-state index contributed by atoms with van der Waals surface area (Å²) in [6.07, 6.45) is 13.4. The third kappa shape index (κ3) is 11.9. The van der Waals surface area contributed by atoms with Gasteiger partial charge in [0.1, 0.15) is 5.60 Å². The first-order valence-electron chi connectivity index (χ1n) is 7.61. The molecule has 2 nitrogen and oxygen atoms in total. The zero-order valence-electron chi connectivity index (χ0n) is 12.8. The lowest BCUT2D eigenvalue weighted by molar-refractivity contribution is -0.138. The summed E-state index contributed by atoms with van der Waals surface area (Å²) in [6.45, 7) is 8.20. The van der Waals surface area contributed by atoms with E-state index in [1.807, 2.05) is 20.8 Å². The topological polar surface area (TPSA) is 26.3 Å². The molecule has 0 aliphatic heterocycles. The van der Waals surface area contributed by atoms with E-state index in [1.54, 1.807) is 0 Å². The summed E-state index contributed by atoms with van der Waals surface area (Å²) in [7, 11) is 0. The van der Waals surface area contributed by atoms with Gasteiger partial charge in [-0.15, -0.1) is 0 Å². The summed E-state index contributed by atoms with van der Waals surface area (Å²) < 4.78 is 4.55. The van der Waals surface area contributed by atoms with Crippen LogP contribution in [-0.2, 0) is 9.53 Å². The predicted octanol–water partition coefficient (Wildman–Crippen LogP) is 5.10. The van der Waals surface area contributed by atoms with E-state index in [2.05, 4.69) is 11.7 Å². The number of carbonyl (C=O) groups excluding carboxylic acids is 1. The molecule has 0 aromatic heterocycles. The van der Waals surface area contributed by atoms with Crippen LogP contribution in [0, 0.1) is 5.92 Å². The quantitative estimate of drug-likeness (QED) is 0.467. The van der Waals surface area contributed by atoms with Crippen molar-refractivity contribution in [2.24, 2.45) is 5.92 Å². The van der Waals surface area contributed by atoms with Crippen LogP contribution in [0.1, 0.15) is 85.5 Å². The first-order chi connectivity index (χ1) is 8.49. The number of ether oxygens (including phenoxy) is 1. The van der Waals surface area contributed by atoms with Gasteiger partial charge < -0.3 is 4.74 Å². The van der Waals surface area contributed by atoms with Gasteiger partial charge in [0.15, 0.2) is 0 Å². The summed E-state index contributed by atoms with van der Waals surface area (Å²) >= 11 is 0. The molecule has 0 spiro atoms. The molecule has 1 fully saturated rings.